The molecule has 0 unspecified atom stereocenters. The molecule has 2 aliphatic rings. The predicted octanol–water partition coefficient (Wildman–Crippen LogP) is 3.52. The van der Waals surface area contributed by atoms with Gasteiger partial charge >= 0.3 is 5.97 Å². The standard InChI is InChI=1S/C27H41NO6/c1-19-12-14-33-23(17-19)10-11-24(30)25-8-6-7-22(29)16-20(2)15-21(3)18-26(31)28-13-5-4-9-27(32)34-25/h6-7,10-12,21-25,29-30H,2,4-5,8-9,13-18H2,1,3H3,(H,28,31)/b7-6+,11-10+/t21-,22+,23+,24-,25-/m0/s1. The lowest BCUT2D eigenvalue weighted by atomic mass is 9.95. The van der Waals surface area contributed by atoms with Gasteiger partial charge in [0.15, 0.2) is 0 Å². The SMILES string of the molecule is C=C1C[C@H](C)CC(=O)NCCCCC(=O)O[C@H]([C@@H](O)/C=C/[C@@H]2CC(C)=CCO2)C/C=C/[C@@H](O)C1. The van der Waals surface area contributed by atoms with E-state index in [2.05, 4.69) is 11.9 Å². The summed E-state index contributed by atoms with van der Waals surface area (Å²) >= 11 is 0. The second kappa shape index (κ2) is 14.9. The zero-order valence-corrected chi connectivity index (χ0v) is 20.6. The van der Waals surface area contributed by atoms with Crippen LogP contribution in [-0.4, -0.2) is 59.7 Å². The van der Waals surface area contributed by atoms with E-state index in [-0.39, 0.29) is 30.8 Å². The van der Waals surface area contributed by atoms with Crippen LogP contribution in [0.1, 0.15) is 65.2 Å². The summed E-state index contributed by atoms with van der Waals surface area (Å²) in [6.07, 6.45) is 10.2. The molecule has 3 N–H and O–H groups in total. The number of rotatable bonds is 3. The molecule has 1 amide bonds. The monoisotopic (exact) mass is 475 g/mol. The first-order valence-electron chi connectivity index (χ1n) is 12.3. The molecular formula is C27H41NO6. The molecule has 5 atom stereocenters. The quantitative estimate of drug-likeness (QED) is 0.426. The highest BCUT2D eigenvalue weighted by atomic mass is 16.6. The van der Waals surface area contributed by atoms with Crippen LogP contribution in [0.3, 0.4) is 0 Å². The van der Waals surface area contributed by atoms with Crippen molar-refractivity contribution in [3.63, 3.8) is 0 Å². The van der Waals surface area contributed by atoms with Crippen LogP contribution in [0.2, 0.25) is 0 Å². The second-order valence-corrected chi connectivity index (χ2v) is 9.54. The van der Waals surface area contributed by atoms with Crippen molar-refractivity contribution in [2.75, 3.05) is 13.2 Å². The summed E-state index contributed by atoms with van der Waals surface area (Å²) in [6, 6.07) is 0. The fourth-order valence-corrected chi connectivity index (χ4v) is 4.14. The maximum atomic E-state index is 12.4. The third kappa shape index (κ3) is 11.3. The first kappa shape index (κ1) is 28.0. The van der Waals surface area contributed by atoms with Crippen LogP contribution in [0, 0.1) is 5.92 Å². The lowest BCUT2D eigenvalue weighted by Crippen LogP contribution is -2.30. The summed E-state index contributed by atoms with van der Waals surface area (Å²) in [6.45, 7) is 9.13. The minimum atomic E-state index is -0.999. The summed E-state index contributed by atoms with van der Waals surface area (Å²) < 4.78 is 11.2. The van der Waals surface area contributed by atoms with E-state index in [1.807, 2.05) is 26.0 Å². The molecule has 0 aromatic heterocycles. The van der Waals surface area contributed by atoms with E-state index in [0.29, 0.717) is 45.3 Å². The first-order chi connectivity index (χ1) is 16.2. The van der Waals surface area contributed by atoms with Gasteiger partial charge in [-0.05, 0) is 44.9 Å². The van der Waals surface area contributed by atoms with Gasteiger partial charge < -0.3 is 25.0 Å². The Hall–Kier alpha value is -2.22. The molecule has 0 fully saturated rings. The third-order valence-electron chi connectivity index (χ3n) is 5.98. The van der Waals surface area contributed by atoms with Gasteiger partial charge in [-0.1, -0.05) is 55.0 Å². The normalized spacial score (nSPS) is 31.1. The Balaban J connectivity index is 2.04. The van der Waals surface area contributed by atoms with Gasteiger partial charge in [0.2, 0.25) is 5.91 Å². The van der Waals surface area contributed by atoms with Gasteiger partial charge in [0.05, 0.1) is 18.8 Å². The van der Waals surface area contributed by atoms with Crippen LogP contribution in [0.5, 0.6) is 0 Å². The number of carbonyl (C=O) groups is 2. The van der Waals surface area contributed by atoms with Crippen LogP contribution in [-0.2, 0) is 19.1 Å². The number of hydrogen-bond donors (Lipinski definition) is 3. The van der Waals surface area contributed by atoms with E-state index in [9.17, 15) is 19.8 Å². The number of hydrogen-bond acceptors (Lipinski definition) is 6. The molecule has 2 heterocycles. The Kier molecular flexibility index (Phi) is 12.3. The number of ether oxygens (including phenoxy) is 2. The van der Waals surface area contributed by atoms with Gasteiger partial charge in [0.1, 0.15) is 12.2 Å². The summed E-state index contributed by atoms with van der Waals surface area (Å²) in [7, 11) is 0. The topological polar surface area (TPSA) is 105 Å². The average Bonchev–Trinajstić information content (AvgIpc) is 2.75. The summed E-state index contributed by atoms with van der Waals surface area (Å²) in [5, 5.41) is 24.0. The minimum absolute atomic E-state index is 0.0213. The van der Waals surface area contributed by atoms with Crippen LogP contribution in [0.25, 0.3) is 0 Å². The van der Waals surface area contributed by atoms with Crippen molar-refractivity contribution < 1.29 is 29.3 Å². The van der Waals surface area contributed by atoms with Gasteiger partial charge in [-0.15, -0.1) is 0 Å². The van der Waals surface area contributed by atoms with Gasteiger partial charge in [0.25, 0.3) is 0 Å². The van der Waals surface area contributed by atoms with E-state index in [1.165, 1.54) is 5.57 Å². The molecule has 0 bridgehead atoms. The molecule has 0 radical (unpaired) electrons. The number of esters is 1. The minimum Gasteiger partial charge on any atom is -0.459 e. The Morgan fingerprint density at radius 3 is 2.76 bits per heavy atom. The Labute approximate surface area is 203 Å². The number of carbonyl (C=O) groups excluding carboxylic acids is 2. The molecular weight excluding hydrogens is 434 g/mol. The van der Waals surface area contributed by atoms with E-state index in [1.54, 1.807) is 18.2 Å². The van der Waals surface area contributed by atoms with Crippen LogP contribution in [0.4, 0.5) is 0 Å². The van der Waals surface area contributed by atoms with E-state index < -0.39 is 24.3 Å². The van der Waals surface area contributed by atoms with E-state index >= 15 is 0 Å². The van der Waals surface area contributed by atoms with Gasteiger partial charge in [-0.2, -0.15) is 0 Å². The van der Waals surface area contributed by atoms with Crippen LogP contribution >= 0.6 is 0 Å². The highest BCUT2D eigenvalue weighted by Gasteiger charge is 2.22. The Morgan fingerprint density at radius 1 is 1.21 bits per heavy atom. The zero-order valence-electron chi connectivity index (χ0n) is 20.6. The molecule has 0 saturated carbocycles. The third-order valence-corrected chi connectivity index (χ3v) is 5.98. The number of cyclic esters (lactones) is 1. The van der Waals surface area contributed by atoms with Crippen molar-refractivity contribution in [3.8, 4) is 0 Å². The highest BCUT2D eigenvalue weighted by Crippen LogP contribution is 2.19. The van der Waals surface area contributed by atoms with Gasteiger partial charge in [-0.3, -0.25) is 9.59 Å². The van der Waals surface area contributed by atoms with Crippen molar-refractivity contribution in [1.82, 2.24) is 5.32 Å². The van der Waals surface area contributed by atoms with Gasteiger partial charge in [0, 0.05) is 25.8 Å². The first-order valence-corrected chi connectivity index (χ1v) is 12.3. The molecule has 7 heteroatoms. The Morgan fingerprint density at radius 2 is 2.00 bits per heavy atom. The maximum Gasteiger partial charge on any atom is 0.306 e. The van der Waals surface area contributed by atoms with Crippen molar-refractivity contribution in [1.29, 1.82) is 0 Å². The number of aliphatic hydroxyl groups excluding tert-OH is 2. The molecule has 2 aliphatic heterocycles. The number of amides is 1. The fourth-order valence-electron chi connectivity index (χ4n) is 4.14. The maximum absolute atomic E-state index is 12.4. The molecule has 0 aromatic carbocycles. The van der Waals surface area contributed by atoms with Gasteiger partial charge in [-0.25, -0.2) is 0 Å². The van der Waals surface area contributed by atoms with E-state index in [0.717, 1.165) is 12.0 Å². The predicted molar refractivity (Wildman–Crippen MR) is 132 cm³/mol. The van der Waals surface area contributed by atoms with Crippen molar-refractivity contribution in [2.45, 2.75) is 89.6 Å². The molecule has 2 rings (SSSR count). The highest BCUT2D eigenvalue weighted by molar-refractivity contribution is 5.76. The fraction of sp³-hybridized carbons (Fsp3) is 0.630. The second-order valence-electron chi connectivity index (χ2n) is 9.54. The van der Waals surface area contributed by atoms with Crippen molar-refractivity contribution in [3.05, 3.63) is 48.1 Å². The number of nitrogens with one attached hydrogen (secondary N) is 1. The molecule has 190 valence electrons. The number of aliphatic hydroxyl groups is 2. The largest absolute Gasteiger partial charge is 0.459 e. The summed E-state index contributed by atoms with van der Waals surface area (Å²) in [5.41, 5.74) is 2.11. The molecule has 0 spiro atoms. The molecule has 0 saturated heterocycles. The van der Waals surface area contributed by atoms with Crippen LogP contribution < -0.4 is 5.32 Å². The van der Waals surface area contributed by atoms with Crippen LogP contribution in [0.15, 0.2) is 48.1 Å². The molecule has 0 aliphatic carbocycles. The van der Waals surface area contributed by atoms with Crippen molar-refractivity contribution in [2.24, 2.45) is 5.92 Å². The Bertz CT molecular complexity index is 771. The molecule has 34 heavy (non-hydrogen) atoms. The summed E-state index contributed by atoms with van der Waals surface area (Å²) in [5.74, 6) is -0.281. The average molecular weight is 476 g/mol. The lowest BCUT2D eigenvalue weighted by molar-refractivity contribution is -0.153. The zero-order chi connectivity index (χ0) is 24.9. The molecule has 0 aromatic rings. The smallest absolute Gasteiger partial charge is 0.306 e. The lowest BCUT2D eigenvalue weighted by Gasteiger charge is -2.22. The van der Waals surface area contributed by atoms with Crippen molar-refractivity contribution >= 4 is 11.9 Å². The van der Waals surface area contributed by atoms with E-state index in [4.69, 9.17) is 9.47 Å². The molecule has 7 nitrogen and oxygen atoms in total. The summed E-state index contributed by atoms with van der Waals surface area (Å²) in [4.78, 5) is 24.5.